The molecule has 5 heteroatoms. The zero-order chi connectivity index (χ0) is 19.9. The van der Waals surface area contributed by atoms with Crippen molar-refractivity contribution in [3.05, 3.63) is 71.3 Å². The Morgan fingerprint density at radius 1 is 0.893 bits per heavy atom. The average molecular weight is 380 g/mol. The summed E-state index contributed by atoms with van der Waals surface area (Å²) < 4.78 is 0. The number of rotatable bonds is 6. The van der Waals surface area contributed by atoms with Crippen molar-refractivity contribution in [2.24, 2.45) is 0 Å². The lowest BCUT2D eigenvalue weighted by Gasteiger charge is -2.34. The molecule has 0 bridgehead atoms. The van der Waals surface area contributed by atoms with Gasteiger partial charge in [-0.25, -0.2) is 0 Å². The fraction of sp³-hybridized carbons (Fsp3) is 0.391. The van der Waals surface area contributed by atoms with Crippen molar-refractivity contribution in [2.45, 2.75) is 19.8 Å². The van der Waals surface area contributed by atoms with Gasteiger partial charge in [0.05, 0.1) is 0 Å². The summed E-state index contributed by atoms with van der Waals surface area (Å²) >= 11 is 0. The van der Waals surface area contributed by atoms with E-state index < -0.39 is 0 Å². The van der Waals surface area contributed by atoms with Crippen LogP contribution in [0.3, 0.4) is 0 Å². The Kier molecular flexibility index (Phi) is 6.82. The van der Waals surface area contributed by atoms with Gasteiger partial charge in [0.2, 0.25) is 0 Å². The molecule has 1 aliphatic rings. The van der Waals surface area contributed by atoms with Crippen LogP contribution >= 0.6 is 0 Å². The van der Waals surface area contributed by atoms with E-state index in [1.807, 2.05) is 59.5 Å². The molecule has 0 radical (unpaired) electrons. The number of hydrogen-bond acceptors (Lipinski definition) is 3. The lowest BCUT2D eigenvalue weighted by molar-refractivity contribution is 0.0638. The van der Waals surface area contributed by atoms with Crippen molar-refractivity contribution in [2.75, 3.05) is 39.3 Å². The molecular formula is C23H29N3O2. The molecule has 0 unspecified atom stereocenters. The largest absolute Gasteiger partial charge is 0.351 e. The minimum atomic E-state index is -0.0341. The second-order valence-corrected chi connectivity index (χ2v) is 7.53. The van der Waals surface area contributed by atoms with E-state index in [4.69, 9.17) is 0 Å². The number of carbonyl (C=O) groups is 2. The predicted molar refractivity (Wildman–Crippen MR) is 112 cm³/mol. The van der Waals surface area contributed by atoms with E-state index in [0.29, 0.717) is 18.0 Å². The smallest absolute Gasteiger partial charge is 0.253 e. The SMILES string of the molecule is CC(C)c1ccc(C(=O)NCCN2CCN(C(=O)c3ccccc3)CC2)cc1. The summed E-state index contributed by atoms with van der Waals surface area (Å²) in [5, 5.41) is 2.99. The summed E-state index contributed by atoms with van der Waals surface area (Å²) in [4.78, 5) is 29.0. The van der Waals surface area contributed by atoms with E-state index >= 15 is 0 Å². The molecule has 1 heterocycles. The minimum absolute atomic E-state index is 0.0341. The molecule has 148 valence electrons. The molecule has 0 spiro atoms. The van der Waals surface area contributed by atoms with Gasteiger partial charge in [0.25, 0.3) is 11.8 Å². The molecule has 5 nitrogen and oxygen atoms in total. The van der Waals surface area contributed by atoms with Gasteiger partial charge in [-0.1, -0.05) is 44.2 Å². The fourth-order valence-corrected chi connectivity index (χ4v) is 3.39. The lowest BCUT2D eigenvalue weighted by atomic mass is 10.0. The first-order chi connectivity index (χ1) is 13.5. The van der Waals surface area contributed by atoms with Crippen molar-refractivity contribution in [1.82, 2.24) is 15.1 Å². The van der Waals surface area contributed by atoms with Gasteiger partial charge in [0, 0.05) is 50.4 Å². The van der Waals surface area contributed by atoms with E-state index in [9.17, 15) is 9.59 Å². The maximum absolute atomic E-state index is 12.5. The minimum Gasteiger partial charge on any atom is -0.351 e. The molecule has 28 heavy (non-hydrogen) atoms. The predicted octanol–water partition coefficient (Wildman–Crippen LogP) is 3.00. The number of hydrogen-bond donors (Lipinski definition) is 1. The number of amides is 2. The number of carbonyl (C=O) groups excluding carboxylic acids is 2. The van der Waals surface area contributed by atoms with Crippen LogP contribution in [0, 0.1) is 0 Å². The van der Waals surface area contributed by atoms with Gasteiger partial charge in [0.15, 0.2) is 0 Å². The first kappa shape index (κ1) is 20.1. The van der Waals surface area contributed by atoms with Crippen LogP contribution in [-0.4, -0.2) is 60.9 Å². The topological polar surface area (TPSA) is 52.7 Å². The van der Waals surface area contributed by atoms with Crippen LogP contribution in [0.25, 0.3) is 0 Å². The maximum Gasteiger partial charge on any atom is 0.253 e. The van der Waals surface area contributed by atoms with Crippen LogP contribution in [0.15, 0.2) is 54.6 Å². The fourth-order valence-electron chi connectivity index (χ4n) is 3.39. The molecular weight excluding hydrogens is 350 g/mol. The monoisotopic (exact) mass is 379 g/mol. The van der Waals surface area contributed by atoms with Crippen LogP contribution in [0.5, 0.6) is 0 Å². The van der Waals surface area contributed by atoms with E-state index in [1.165, 1.54) is 5.56 Å². The van der Waals surface area contributed by atoms with Gasteiger partial charge in [0.1, 0.15) is 0 Å². The van der Waals surface area contributed by atoms with Gasteiger partial charge >= 0.3 is 0 Å². The van der Waals surface area contributed by atoms with Crippen molar-refractivity contribution in [1.29, 1.82) is 0 Å². The van der Waals surface area contributed by atoms with E-state index in [2.05, 4.69) is 24.1 Å². The van der Waals surface area contributed by atoms with E-state index in [1.54, 1.807) is 0 Å². The molecule has 1 N–H and O–H groups in total. The molecule has 0 saturated carbocycles. The number of benzene rings is 2. The zero-order valence-electron chi connectivity index (χ0n) is 16.7. The van der Waals surface area contributed by atoms with Gasteiger partial charge in [-0.05, 0) is 35.7 Å². The quantitative estimate of drug-likeness (QED) is 0.839. The standard InChI is InChI=1S/C23H29N3O2/c1-18(2)19-8-10-20(11-9-19)22(27)24-12-13-25-14-16-26(17-15-25)23(28)21-6-4-3-5-7-21/h3-11,18H,12-17H2,1-2H3,(H,24,27). The molecule has 1 fully saturated rings. The third kappa shape index (κ3) is 5.20. The molecule has 0 aliphatic carbocycles. The highest BCUT2D eigenvalue weighted by molar-refractivity contribution is 5.94. The van der Waals surface area contributed by atoms with Gasteiger partial charge in [-0.15, -0.1) is 0 Å². The molecule has 2 aromatic rings. The normalized spacial score (nSPS) is 14.9. The highest BCUT2D eigenvalue weighted by Gasteiger charge is 2.21. The number of nitrogens with one attached hydrogen (secondary N) is 1. The first-order valence-corrected chi connectivity index (χ1v) is 9.99. The van der Waals surface area contributed by atoms with E-state index in [0.717, 1.165) is 38.3 Å². The third-order valence-corrected chi connectivity index (χ3v) is 5.23. The molecule has 1 saturated heterocycles. The van der Waals surface area contributed by atoms with Crippen LogP contribution in [0.2, 0.25) is 0 Å². The molecule has 0 aromatic heterocycles. The lowest BCUT2D eigenvalue weighted by Crippen LogP contribution is -2.50. The highest BCUT2D eigenvalue weighted by atomic mass is 16.2. The summed E-state index contributed by atoms with van der Waals surface area (Å²) in [6.07, 6.45) is 0. The summed E-state index contributed by atoms with van der Waals surface area (Å²) in [6.45, 7) is 8.79. The number of piperazine rings is 1. The summed E-state index contributed by atoms with van der Waals surface area (Å²) in [5.74, 6) is 0.524. The Bertz CT molecular complexity index is 779. The van der Waals surface area contributed by atoms with Gasteiger partial charge < -0.3 is 10.2 Å². The van der Waals surface area contributed by atoms with Crippen molar-refractivity contribution < 1.29 is 9.59 Å². The Morgan fingerprint density at radius 3 is 2.14 bits per heavy atom. The summed E-state index contributed by atoms with van der Waals surface area (Å²) in [7, 11) is 0. The summed E-state index contributed by atoms with van der Waals surface area (Å²) in [5.41, 5.74) is 2.67. The van der Waals surface area contributed by atoms with Crippen molar-refractivity contribution in [3.63, 3.8) is 0 Å². The Balaban J connectivity index is 1.39. The maximum atomic E-state index is 12.5. The average Bonchev–Trinajstić information content (AvgIpc) is 2.74. The van der Waals surface area contributed by atoms with Crippen molar-refractivity contribution >= 4 is 11.8 Å². The van der Waals surface area contributed by atoms with Gasteiger partial charge in [-0.2, -0.15) is 0 Å². The summed E-state index contributed by atoms with van der Waals surface area (Å²) in [6, 6.07) is 17.2. The zero-order valence-corrected chi connectivity index (χ0v) is 16.7. The first-order valence-electron chi connectivity index (χ1n) is 9.99. The second kappa shape index (κ2) is 9.51. The molecule has 1 aliphatic heterocycles. The molecule has 0 atom stereocenters. The Labute approximate surface area is 167 Å². The highest BCUT2D eigenvalue weighted by Crippen LogP contribution is 2.14. The Hall–Kier alpha value is -2.66. The van der Waals surface area contributed by atoms with Crippen LogP contribution in [-0.2, 0) is 0 Å². The Morgan fingerprint density at radius 2 is 1.54 bits per heavy atom. The van der Waals surface area contributed by atoms with Crippen LogP contribution in [0.1, 0.15) is 46.0 Å². The molecule has 2 aromatic carbocycles. The third-order valence-electron chi connectivity index (χ3n) is 5.23. The number of nitrogens with zero attached hydrogens (tertiary/aromatic N) is 2. The second-order valence-electron chi connectivity index (χ2n) is 7.53. The van der Waals surface area contributed by atoms with Crippen molar-refractivity contribution in [3.8, 4) is 0 Å². The molecule has 3 rings (SSSR count). The van der Waals surface area contributed by atoms with E-state index in [-0.39, 0.29) is 11.8 Å². The molecule has 2 amide bonds. The van der Waals surface area contributed by atoms with Gasteiger partial charge in [-0.3, -0.25) is 14.5 Å². The van der Waals surface area contributed by atoms with Crippen LogP contribution in [0.4, 0.5) is 0 Å². The van der Waals surface area contributed by atoms with Crippen LogP contribution < -0.4 is 5.32 Å².